The Bertz CT molecular complexity index is 1000. The van der Waals surface area contributed by atoms with Gasteiger partial charge in [0.2, 0.25) is 0 Å². The number of thiophene rings is 1. The molecule has 0 fully saturated rings. The fraction of sp³-hybridized carbons (Fsp3) is 0.208. The van der Waals surface area contributed by atoms with E-state index in [4.69, 9.17) is 4.74 Å². The lowest BCUT2D eigenvalue weighted by molar-refractivity contribution is -0.147. The first-order valence-corrected chi connectivity index (χ1v) is 10.9. The first kappa shape index (κ1) is 22.2. The number of rotatable bonds is 9. The molecule has 1 unspecified atom stereocenters. The van der Waals surface area contributed by atoms with E-state index in [2.05, 4.69) is 10.6 Å². The summed E-state index contributed by atoms with van der Waals surface area (Å²) in [6.07, 6.45) is 0.480. The Balaban J connectivity index is 1.58. The fourth-order valence-electron chi connectivity index (χ4n) is 3.02. The minimum absolute atomic E-state index is 0.170. The predicted octanol–water partition coefficient (Wildman–Crippen LogP) is 4.15. The van der Waals surface area contributed by atoms with Crippen LogP contribution in [-0.2, 0) is 16.0 Å². The smallest absolute Gasteiger partial charge is 0.311 e. The summed E-state index contributed by atoms with van der Waals surface area (Å²) in [5.74, 6) is -1.29. The van der Waals surface area contributed by atoms with Crippen molar-refractivity contribution in [2.45, 2.75) is 13.3 Å². The summed E-state index contributed by atoms with van der Waals surface area (Å²) in [7, 11) is 0. The van der Waals surface area contributed by atoms with Crippen LogP contribution in [-0.4, -0.2) is 30.9 Å². The van der Waals surface area contributed by atoms with Gasteiger partial charge in [0, 0.05) is 17.8 Å². The zero-order valence-electron chi connectivity index (χ0n) is 17.2. The lowest BCUT2D eigenvalue weighted by Crippen LogP contribution is -2.35. The van der Waals surface area contributed by atoms with Crippen LogP contribution >= 0.6 is 11.3 Å². The minimum Gasteiger partial charge on any atom is -0.466 e. The Morgan fingerprint density at radius 2 is 1.68 bits per heavy atom. The first-order valence-electron chi connectivity index (χ1n) is 10.0. The highest BCUT2D eigenvalue weighted by Gasteiger charge is 2.21. The lowest BCUT2D eigenvalue weighted by Gasteiger charge is -2.16. The summed E-state index contributed by atoms with van der Waals surface area (Å²) >= 11 is 1.36. The third kappa shape index (κ3) is 6.52. The second-order valence-electron chi connectivity index (χ2n) is 6.86. The molecule has 6 nitrogen and oxygen atoms in total. The van der Waals surface area contributed by atoms with Crippen molar-refractivity contribution in [1.29, 1.82) is 0 Å². The Labute approximate surface area is 185 Å². The molecule has 0 aliphatic heterocycles. The molecule has 2 N–H and O–H groups in total. The number of anilines is 1. The Morgan fingerprint density at radius 3 is 2.32 bits per heavy atom. The van der Waals surface area contributed by atoms with E-state index in [-0.39, 0.29) is 30.9 Å². The average molecular weight is 437 g/mol. The van der Waals surface area contributed by atoms with Crippen molar-refractivity contribution >= 4 is 34.8 Å². The van der Waals surface area contributed by atoms with Gasteiger partial charge >= 0.3 is 5.97 Å². The number of esters is 1. The van der Waals surface area contributed by atoms with Crippen LogP contribution < -0.4 is 10.6 Å². The summed E-state index contributed by atoms with van der Waals surface area (Å²) < 4.78 is 5.17. The minimum atomic E-state index is -0.476. The van der Waals surface area contributed by atoms with Crippen LogP contribution in [0.2, 0.25) is 0 Å². The maximum atomic E-state index is 12.6. The molecule has 160 valence electrons. The monoisotopic (exact) mass is 436 g/mol. The van der Waals surface area contributed by atoms with Gasteiger partial charge in [0.1, 0.15) is 0 Å². The van der Waals surface area contributed by atoms with Crippen LogP contribution in [0.15, 0.2) is 72.1 Å². The van der Waals surface area contributed by atoms with Gasteiger partial charge in [-0.15, -0.1) is 11.3 Å². The van der Waals surface area contributed by atoms with Crippen molar-refractivity contribution in [3.63, 3.8) is 0 Å². The summed E-state index contributed by atoms with van der Waals surface area (Å²) in [6.45, 7) is 2.22. The first-order chi connectivity index (χ1) is 15.1. The number of benzene rings is 2. The van der Waals surface area contributed by atoms with Crippen molar-refractivity contribution in [2.24, 2.45) is 5.92 Å². The van der Waals surface area contributed by atoms with Crippen LogP contribution in [0, 0.1) is 5.92 Å². The molecule has 7 heteroatoms. The molecule has 1 heterocycles. The molecular weight excluding hydrogens is 412 g/mol. The van der Waals surface area contributed by atoms with Crippen LogP contribution in [0.1, 0.15) is 32.5 Å². The maximum absolute atomic E-state index is 12.6. The molecule has 3 rings (SSSR count). The van der Waals surface area contributed by atoms with E-state index >= 15 is 0 Å². The zero-order valence-corrected chi connectivity index (χ0v) is 18.0. The summed E-state index contributed by atoms with van der Waals surface area (Å²) in [5.41, 5.74) is 2.04. The summed E-state index contributed by atoms with van der Waals surface area (Å²) in [6, 6.07) is 19.8. The molecule has 1 atom stereocenters. The molecule has 0 radical (unpaired) electrons. The van der Waals surface area contributed by atoms with E-state index in [9.17, 15) is 14.4 Å². The van der Waals surface area contributed by atoms with Gasteiger partial charge in [-0.1, -0.05) is 36.4 Å². The van der Waals surface area contributed by atoms with Gasteiger partial charge in [-0.25, -0.2) is 0 Å². The molecule has 0 aliphatic rings. The van der Waals surface area contributed by atoms with Gasteiger partial charge in [-0.05, 0) is 54.6 Å². The average Bonchev–Trinajstić information content (AvgIpc) is 3.33. The molecule has 31 heavy (non-hydrogen) atoms. The van der Waals surface area contributed by atoms with E-state index in [0.29, 0.717) is 22.5 Å². The zero-order chi connectivity index (χ0) is 22.1. The normalized spacial score (nSPS) is 11.4. The van der Waals surface area contributed by atoms with E-state index < -0.39 is 5.92 Å². The van der Waals surface area contributed by atoms with Gasteiger partial charge in [0.15, 0.2) is 0 Å². The highest BCUT2D eigenvalue weighted by molar-refractivity contribution is 7.12. The van der Waals surface area contributed by atoms with Crippen molar-refractivity contribution in [2.75, 3.05) is 18.5 Å². The second-order valence-corrected chi connectivity index (χ2v) is 7.81. The molecule has 2 amide bonds. The topological polar surface area (TPSA) is 84.5 Å². The number of carbonyl (C=O) groups is 3. The van der Waals surface area contributed by atoms with Crippen LogP contribution in [0.3, 0.4) is 0 Å². The van der Waals surface area contributed by atoms with Crippen molar-refractivity contribution < 1.29 is 19.1 Å². The molecule has 0 spiro atoms. The molecule has 0 aliphatic carbocycles. The number of amides is 2. The number of ether oxygens (including phenoxy) is 1. The van der Waals surface area contributed by atoms with Crippen molar-refractivity contribution in [1.82, 2.24) is 5.32 Å². The van der Waals surface area contributed by atoms with E-state index in [1.165, 1.54) is 11.3 Å². The Morgan fingerprint density at radius 1 is 0.935 bits per heavy atom. The highest BCUT2D eigenvalue weighted by atomic mass is 32.1. The van der Waals surface area contributed by atoms with Gasteiger partial charge in [-0.3, -0.25) is 14.4 Å². The van der Waals surface area contributed by atoms with Crippen LogP contribution in [0.4, 0.5) is 5.69 Å². The SMILES string of the molecule is CCOC(=O)C(CNC(=O)c1ccc(NC(=O)c2cccs2)cc1)Cc1ccccc1. The van der Waals surface area contributed by atoms with Crippen LogP contribution in [0.5, 0.6) is 0 Å². The molecule has 3 aromatic rings. The molecule has 0 saturated carbocycles. The van der Waals surface area contributed by atoms with E-state index in [1.807, 2.05) is 41.8 Å². The van der Waals surface area contributed by atoms with Gasteiger partial charge in [0.05, 0.1) is 17.4 Å². The lowest BCUT2D eigenvalue weighted by atomic mass is 9.99. The molecule has 2 aromatic carbocycles. The fourth-order valence-corrected chi connectivity index (χ4v) is 3.64. The standard InChI is InChI=1S/C24H24N2O4S/c1-2-30-24(29)19(15-17-7-4-3-5-8-17)16-25-22(27)18-10-12-20(13-11-18)26-23(28)21-9-6-14-31-21/h3-14,19H,2,15-16H2,1H3,(H,25,27)(H,26,28). The van der Waals surface area contributed by atoms with E-state index in [1.54, 1.807) is 37.3 Å². The molecular formula is C24H24N2O4S. The van der Waals surface area contributed by atoms with E-state index in [0.717, 1.165) is 5.56 Å². The quantitative estimate of drug-likeness (QED) is 0.494. The van der Waals surface area contributed by atoms with Crippen molar-refractivity contribution in [3.05, 3.63) is 88.1 Å². The number of hydrogen-bond donors (Lipinski definition) is 2. The molecule has 0 bridgehead atoms. The predicted molar refractivity (Wildman–Crippen MR) is 121 cm³/mol. The number of hydrogen-bond acceptors (Lipinski definition) is 5. The van der Waals surface area contributed by atoms with Gasteiger partial charge in [-0.2, -0.15) is 0 Å². The van der Waals surface area contributed by atoms with Gasteiger partial charge < -0.3 is 15.4 Å². The van der Waals surface area contributed by atoms with Crippen molar-refractivity contribution in [3.8, 4) is 0 Å². The largest absolute Gasteiger partial charge is 0.466 e. The Kier molecular flexibility index (Phi) is 7.95. The van der Waals surface area contributed by atoms with Gasteiger partial charge in [0.25, 0.3) is 11.8 Å². The number of nitrogens with one attached hydrogen (secondary N) is 2. The number of carbonyl (C=O) groups excluding carboxylic acids is 3. The molecule has 1 aromatic heterocycles. The Hall–Kier alpha value is -3.45. The third-order valence-corrected chi connectivity index (χ3v) is 5.47. The summed E-state index contributed by atoms with van der Waals surface area (Å²) in [4.78, 5) is 37.6. The van der Waals surface area contributed by atoms with Crippen LogP contribution in [0.25, 0.3) is 0 Å². The maximum Gasteiger partial charge on any atom is 0.311 e. The molecule has 0 saturated heterocycles. The second kappa shape index (κ2) is 11.1. The highest BCUT2D eigenvalue weighted by Crippen LogP contribution is 2.15. The third-order valence-electron chi connectivity index (χ3n) is 4.60. The summed E-state index contributed by atoms with van der Waals surface area (Å²) in [5, 5.41) is 7.45.